The first-order valence-corrected chi connectivity index (χ1v) is 5.38. The number of carbonyl (C=O) groups is 2. The number of rotatable bonds is 3. The first-order valence-electron chi connectivity index (χ1n) is 5.38. The van der Waals surface area contributed by atoms with Crippen molar-refractivity contribution in [2.45, 2.75) is 13.1 Å². The highest BCUT2D eigenvalue weighted by molar-refractivity contribution is 5.88. The maximum Gasteiger partial charge on any atom is 0.335 e. The van der Waals surface area contributed by atoms with Crippen LogP contribution in [-0.4, -0.2) is 35.5 Å². The van der Waals surface area contributed by atoms with E-state index in [1.54, 1.807) is 19.2 Å². The first kappa shape index (κ1) is 11.6. The molecule has 0 saturated carbocycles. The predicted octanol–water partition coefficient (Wildman–Crippen LogP) is 0.446. The fraction of sp³-hybridized carbons (Fsp3) is 0.333. The van der Waals surface area contributed by atoms with Crippen LogP contribution in [0.15, 0.2) is 18.2 Å². The molecule has 0 bridgehead atoms. The third-order valence-electron chi connectivity index (χ3n) is 2.89. The molecular weight excluding hydrogens is 220 g/mol. The van der Waals surface area contributed by atoms with Crippen molar-refractivity contribution in [3.63, 3.8) is 0 Å². The molecule has 1 amide bonds. The lowest BCUT2D eigenvalue weighted by molar-refractivity contribution is -0.121. The molecule has 0 atom stereocenters. The second kappa shape index (κ2) is 4.55. The van der Waals surface area contributed by atoms with E-state index in [0.717, 1.165) is 11.1 Å². The number of benzene rings is 1. The molecule has 0 aromatic heterocycles. The molecule has 1 aliphatic rings. The lowest BCUT2D eigenvalue weighted by Gasteiger charge is -2.12. The number of hydrogen-bond donors (Lipinski definition) is 2. The number of likely N-dealkylation sites (N-methyl/N-ethyl adjacent to an activating group) is 1. The fourth-order valence-electron chi connectivity index (χ4n) is 1.99. The number of carbonyl (C=O) groups excluding carboxylic acids is 1. The van der Waals surface area contributed by atoms with Crippen molar-refractivity contribution in [3.05, 3.63) is 34.9 Å². The lowest BCUT2D eigenvalue weighted by Crippen LogP contribution is -2.32. The number of hydrogen-bond acceptors (Lipinski definition) is 3. The maximum absolute atomic E-state index is 11.2. The minimum atomic E-state index is -0.919. The number of fused-ring (bicyclic) bond motifs is 1. The molecule has 0 radical (unpaired) electrons. The summed E-state index contributed by atoms with van der Waals surface area (Å²) in [5.74, 6) is -0.950. The van der Waals surface area contributed by atoms with Gasteiger partial charge in [-0.2, -0.15) is 0 Å². The summed E-state index contributed by atoms with van der Waals surface area (Å²) in [6.45, 7) is 1.67. The summed E-state index contributed by atoms with van der Waals surface area (Å²) in [4.78, 5) is 24.1. The summed E-state index contributed by atoms with van der Waals surface area (Å²) in [7, 11) is 1.61. The van der Waals surface area contributed by atoms with Gasteiger partial charge in [-0.15, -0.1) is 0 Å². The topological polar surface area (TPSA) is 69.6 Å². The van der Waals surface area contributed by atoms with Gasteiger partial charge < -0.3 is 10.4 Å². The Morgan fingerprint density at radius 1 is 1.35 bits per heavy atom. The predicted molar refractivity (Wildman–Crippen MR) is 61.6 cm³/mol. The molecule has 5 nitrogen and oxygen atoms in total. The molecule has 1 aromatic rings. The van der Waals surface area contributed by atoms with Crippen LogP contribution < -0.4 is 5.32 Å². The average Bonchev–Trinajstić information content (AvgIpc) is 2.69. The Balaban J connectivity index is 2.11. The Morgan fingerprint density at radius 2 is 2.06 bits per heavy atom. The van der Waals surface area contributed by atoms with Crippen LogP contribution in [0.25, 0.3) is 0 Å². The highest BCUT2D eigenvalue weighted by Crippen LogP contribution is 2.23. The van der Waals surface area contributed by atoms with Gasteiger partial charge >= 0.3 is 5.97 Å². The SMILES string of the molecule is CNC(=O)CN1Cc2ccc(C(=O)O)cc2C1. The quantitative estimate of drug-likeness (QED) is 0.796. The third kappa shape index (κ3) is 2.45. The molecule has 2 N–H and O–H groups in total. The van der Waals surface area contributed by atoms with E-state index in [2.05, 4.69) is 5.32 Å². The number of amides is 1. The van der Waals surface area contributed by atoms with Gasteiger partial charge in [0.25, 0.3) is 0 Å². The zero-order valence-electron chi connectivity index (χ0n) is 9.56. The van der Waals surface area contributed by atoms with Crippen molar-refractivity contribution < 1.29 is 14.7 Å². The summed E-state index contributed by atoms with van der Waals surface area (Å²) in [6.07, 6.45) is 0. The zero-order valence-corrected chi connectivity index (χ0v) is 9.56. The van der Waals surface area contributed by atoms with Gasteiger partial charge in [-0.3, -0.25) is 9.69 Å². The van der Waals surface area contributed by atoms with E-state index < -0.39 is 5.97 Å². The number of carboxylic acid groups (broad SMARTS) is 1. The van der Waals surface area contributed by atoms with Crippen LogP contribution >= 0.6 is 0 Å². The van der Waals surface area contributed by atoms with Crippen molar-refractivity contribution >= 4 is 11.9 Å². The van der Waals surface area contributed by atoms with Crippen molar-refractivity contribution in [3.8, 4) is 0 Å². The van der Waals surface area contributed by atoms with Gasteiger partial charge in [0.1, 0.15) is 0 Å². The Hall–Kier alpha value is -1.88. The smallest absolute Gasteiger partial charge is 0.335 e. The van der Waals surface area contributed by atoms with Gasteiger partial charge in [-0.1, -0.05) is 6.07 Å². The average molecular weight is 234 g/mol. The van der Waals surface area contributed by atoms with Gasteiger partial charge in [0.15, 0.2) is 0 Å². The van der Waals surface area contributed by atoms with Crippen LogP contribution in [0, 0.1) is 0 Å². The molecule has 0 aliphatic carbocycles. The Morgan fingerprint density at radius 3 is 2.71 bits per heavy atom. The molecule has 17 heavy (non-hydrogen) atoms. The molecule has 1 aromatic carbocycles. The van der Waals surface area contributed by atoms with Crippen LogP contribution in [0.3, 0.4) is 0 Å². The van der Waals surface area contributed by atoms with Gasteiger partial charge in [0.05, 0.1) is 12.1 Å². The second-order valence-corrected chi connectivity index (χ2v) is 4.11. The monoisotopic (exact) mass is 234 g/mol. The van der Waals surface area contributed by atoms with Crippen LogP contribution in [0.4, 0.5) is 0 Å². The summed E-state index contributed by atoms with van der Waals surface area (Å²) in [6, 6.07) is 5.11. The van der Waals surface area contributed by atoms with E-state index >= 15 is 0 Å². The lowest BCUT2D eigenvalue weighted by atomic mass is 10.1. The minimum Gasteiger partial charge on any atom is -0.478 e. The van der Waals surface area contributed by atoms with Crippen molar-refractivity contribution in [2.24, 2.45) is 0 Å². The summed E-state index contributed by atoms with van der Waals surface area (Å²) in [5.41, 5.74) is 2.39. The van der Waals surface area contributed by atoms with Gasteiger partial charge in [0, 0.05) is 20.1 Å². The maximum atomic E-state index is 11.2. The highest BCUT2D eigenvalue weighted by Gasteiger charge is 2.21. The molecule has 2 rings (SSSR count). The minimum absolute atomic E-state index is 0.0312. The molecule has 0 unspecified atom stereocenters. The third-order valence-corrected chi connectivity index (χ3v) is 2.89. The van der Waals surface area contributed by atoms with Crippen LogP contribution in [0.5, 0.6) is 0 Å². The largest absolute Gasteiger partial charge is 0.478 e. The molecule has 0 spiro atoms. The van der Waals surface area contributed by atoms with Crippen LogP contribution in [-0.2, 0) is 17.9 Å². The standard InChI is InChI=1S/C12H14N2O3/c1-13-11(15)7-14-5-9-3-2-8(12(16)17)4-10(9)6-14/h2-4H,5-7H2,1H3,(H,13,15)(H,16,17). The van der Waals surface area contributed by atoms with Crippen LogP contribution in [0.2, 0.25) is 0 Å². The number of nitrogens with one attached hydrogen (secondary N) is 1. The zero-order chi connectivity index (χ0) is 12.4. The van der Waals surface area contributed by atoms with Gasteiger partial charge in [-0.25, -0.2) is 4.79 Å². The van der Waals surface area contributed by atoms with E-state index in [9.17, 15) is 9.59 Å². The molecule has 90 valence electrons. The van der Waals surface area contributed by atoms with Crippen LogP contribution in [0.1, 0.15) is 21.5 Å². The van der Waals surface area contributed by atoms with E-state index in [4.69, 9.17) is 5.11 Å². The summed E-state index contributed by atoms with van der Waals surface area (Å²) < 4.78 is 0. The normalized spacial score (nSPS) is 14.4. The number of carboxylic acids is 1. The molecule has 0 saturated heterocycles. The van der Waals surface area contributed by atoms with E-state index in [0.29, 0.717) is 25.2 Å². The Bertz CT molecular complexity index is 471. The highest BCUT2D eigenvalue weighted by atomic mass is 16.4. The van der Waals surface area contributed by atoms with E-state index in [1.165, 1.54) is 0 Å². The molecule has 1 heterocycles. The summed E-state index contributed by atoms with van der Waals surface area (Å²) >= 11 is 0. The Kier molecular flexibility index (Phi) is 3.10. The molecule has 0 fully saturated rings. The summed E-state index contributed by atoms with van der Waals surface area (Å²) in [5, 5.41) is 11.5. The number of aromatic carboxylic acids is 1. The molecule has 5 heteroatoms. The number of nitrogens with zero attached hydrogens (tertiary/aromatic N) is 1. The second-order valence-electron chi connectivity index (χ2n) is 4.11. The molecular formula is C12H14N2O3. The molecule has 1 aliphatic heterocycles. The van der Waals surface area contributed by atoms with Crippen molar-refractivity contribution in [2.75, 3.05) is 13.6 Å². The van der Waals surface area contributed by atoms with Gasteiger partial charge in [-0.05, 0) is 23.3 Å². The van der Waals surface area contributed by atoms with Gasteiger partial charge in [0.2, 0.25) is 5.91 Å². The van der Waals surface area contributed by atoms with E-state index in [1.807, 2.05) is 11.0 Å². The Labute approximate surface area is 99.0 Å². The first-order chi connectivity index (χ1) is 8.10. The van der Waals surface area contributed by atoms with E-state index in [-0.39, 0.29) is 5.91 Å². The fourth-order valence-corrected chi connectivity index (χ4v) is 1.99. The van der Waals surface area contributed by atoms with Crippen molar-refractivity contribution in [1.29, 1.82) is 0 Å². The van der Waals surface area contributed by atoms with Crippen molar-refractivity contribution in [1.82, 2.24) is 10.2 Å².